The van der Waals surface area contributed by atoms with Gasteiger partial charge >= 0.3 is 5.97 Å². The van der Waals surface area contributed by atoms with Crippen LogP contribution in [0.25, 0.3) is 0 Å². The Morgan fingerprint density at radius 1 is 1.12 bits per heavy atom. The Hall–Kier alpha value is -3.22. The average molecular weight is 353 g/mol. The summed E-state index contributed by atoms with van der Waals surface area (Å²) in [4.78, 5) is 43.7. The Labute approximate surface area is 150 Å². The number of aliphatic carboxylic acids is 1. The van der Waals surface area contributed by atoms with Crippen molar-refractivity contribution in [1.29, 1.82) is 0 Å². The van der Waals surface area contributed by atoms with E-state index in [0.29, 0.717) is 18.7 Å². The summed E-state index contributed by atoms with van der Waals surface area (Å²) >= 11 is 0. The number of pyridine rings is 1. The average Bonchev–Trinajstić information content (AvgIpc) is 2.66. The van der Waals surface area contributed by atoms with E-state index in [1.807, 2.05) is 30.3 Å². The minimum Gasteiger partial charge on any atom is -0.481 e. The number of carboxylic acid groups (broad SMARTS) is 1. The fourth-order valence-corrected chi connectivity index (χ4v) is 3.06. The third-order valence-electron chi connectivity index (χ3n) is 4.34. The first-order valence-electron chi connectivity index (χ1n) is 8.32. The molecule has 0 aliphatic carbocycles. The van der Waals surface area contributed by atoms with Crippen LogP contribution in [0.1, 0.15) is 22.3 Å². The first-order chi connectivity index (χ1) is 12.6. The number of hydrogen-bond donors (Lipinski definition) is 1. The third-order valence-corrected chi connectivity index (χ3v) is 4.34. The molecule has 2 aromatic rings. The van der Waals surface area contributed by atoms with Crippen LogP contribution < -0.4 is 0 Å². The summed E-state index contributed by atoms with van der Waals surface area (Å²) < 4.78 is 0. The van der Waals surface area contributed by atoms with Gasteiger partial charge < -0.3 is 14.9 Å². The monoisotopic (exact) mass is 353 g/mol. The van der Waals surface area contributed by atoms with Crippen LogP contribution >= 0.6 is 0 Å². The summed E-state index contributed by atoms with van der Waals surface area (Å²) in [7, 11) is 0. The van der Waals surface area contributed by atoms with Gasteiger partial charge in [0.05, 0.1) is 12.0 Å². The summed E-state index contributed by atoms with van der Waals surface area (Å²) in [5.41, 5.74) is 1.30. The zero-order valence-electron chi connectivity index (χ0n) is 14.1. The van der Waals surface area contributed by atoms with Gasteiger partial charge in [0.15, 0.2) is 0 Å². The van der Waals surface area contributed by atoms with Gasteiger partial charge in [-0.2, -0.15) is 0 Å². The lowest BCUT2D eigenvalue weighted by Gasteiger charge is -2.40. The molecule has 1 aliphatic rings. The van der Waals surface area contributed by atoms with E-state index in [1.54, 1.807) is 23.2 Å². The number of piperazine rings is 1. The van der Waals surface area contributed by atoms with Crippen LogP contribution in [-0.2, 0) is 16.1 Å². The second-order valence-electron chi connectivity index (χ2n) is 6.10. The topological polar surface area (TPSA) is 90.8 Å². The Bertz CT molecular complexity index is 795. The number of aromatic nitrogens is 1. The van der Waals surface area contributed by atoms with Crippen molar-refractivity contribution in [3.63, 3.8) is 0 Å². The van der Waals surface area contributed by atoms with Gasteiger partial charge in [0, 0.05) is 32.0 Å². The van der Waals surface area contributed by atoms with Crippen LogP contribution in [0.5, 0.6) is 0 Å². The Morgan fingerprint density at radius 3 is 2.54 bits per heavy atom. The number of amides is 2. The molecule has 1 unspecified atom stereocenters. The van der Waals surface area contributed by atoms with Gasteiger partial charge in [-0.3, -0.25) is 19.4 Å². The van der Waals surface area contributed by atoms with Gasteiger partial charge in [0.1, 0.15) is 6.04 Å². The summed E-state index contributed by atoms with van der Waals surface area (Å²) in [6.07, 6.45) is 2.55. The molecule has 1 aliphatic heterocycles. The summed E-state index contributed by atoms with van der Waals surface area (Å²) in [5, 5.41) is 9.21. The minimum absolute atomic E-state index is 0.282. The Morgan fingerprint density at radius 2 is 1.88 bits per heavy atom. The van der Waals surface area contributed by atoms with Crippen LogP contribution in [0.4, 0.5) is 0 Å². The van der Waals surface area contributed by atoms with Gasteiger partial charge in [-0.25, -0.2) is 0 Å². The highest BCUT2D eigenvalue weighted by Gasteiger charge is 2.39. The van der Waals surface area contributed by atoms with Crippen LogP contribution in [-0.4, -0.2) is 56.8 Å². The smallest absolute Gasteiger partial charge is 0.305 e. The van der Waals surface area contributed by atoms with E-state index in [4.69, 9.17) is 0 Å². The lowest BCUT2D eigenvalue weighted by molar-refractivity contribution is -0.148. The van der Waals surface area contributed by atoms with Crippen LogP contribution in [0.15, 0.2) is 54.9 Å². The SMILES string of the molecule is O=C(O)CC1C(=O)N(Cc2ccccc2)CCN1C(=O)c1cccnc1. The molecule has 0 radical (unpaired) electrons. The lowest BCUT2D eigenvalue weighted by Crippen LogP contribution is -2.59. The van der Waals surface area contributed by atoms with Crippen LogP contribution in [0.3, 0.4) is 0 Å². The molecule has 3 rings (SSSR count). The van der Waals surface area contributed by atoms with Gasteiger partial charge in [0.25, 0.3) is 5.91 Å². The third kappa shape index (κ3) is 3.88. The number of rotatable bonds is 5. The van der Waals surface area contributed by atoms with Crippen LogP contribution in [0.2, 0.25) is 0 Å². The number of benzene rings is 1. The standard InChI is InChI=1S/C19H19N3O4/c23-17(24)11-16-19(26)21(13-14-5-2-1-3-6-14)9-10-22(16)18(25)15-7-4-8-20-12-15/h1-8,12,16H,9-11,13H2,(H,23,24). The van der Waals surface area contributed by atoms with Crippen molar-refractivity contribution in [2.45, 2.75) is 19.0 Å². The van der Waals surface area contributed by atoms with Crippen LogP contribution in [0, 0.1) is 0 Å². The van der Waals surface area contributed by atoms with E-state index in [0.717, 1.165) is 5.56 Å². The lowest BCUT2D eigenvalue weighted by atomic mass is 10.0. The predicted octanol–water partition coefficient (Wildman–Crippen LogP) is 1.41. The van der Waals surface area contributed by atoms with E-state index >= 15 is 0 Å². The van der Waals surface area contributed by atoms with Crippen molar-refractivity contribution in [2.75, 3.05) is 13.1 Å². The summed E-state index contributed by atoms with van der Waals surface area (Å²) in [6, 6.07) is 11.7. The summed E-state index contributed by atoms with van der Waals surface area (Å²) in [5.74, 6) is -1.84. The van der Waals surface area contributed by atoms with Gasteiger partial charge in [-0.15, -0.1) is 0 Å². The Balaban J connectivity index is 1.81. The molecule has 7 nitrogen and oxygen atoms in total. The van der Waals surface area contributed by atoms with Crippen molar-refractivity contribution < 1.29 is 19.5 Å². The molecule has 134 valence electrons. The Kier molecular flexibility index (Phi) is 5.26. The molecular weight excluding hydrogens is 334 g/mol. The molecule has 2 heterocycles. The second-order valence-corrected chi connectivity index (χ2v) is 6.10. The fraction of sp³-hybridized carbons (Fsp3) is 0.263. The van der Waals surface area contributed by atoms with E-state index in [9.17, 15) is 19.5 Å². The molecule has 0 bridgehead atoms. The predicted molar refractivity (Wildman–Crippen MR) is 93.2 cm³/mol. The molecule has 1 atom stereocenters. The molecule has 0 spiro atoms. The number of carboxylic acids is 1. The largest absolute Gasteiger partial charge is 0.481 e. The van der Waals surface area contributed by atoms with E-state index < -0.39 is 18.4 Å². The zero-order valence-corrected chi connectivity index (χ0v) is 14.1. The second kappa shape index (κ2) is 7.77. The number of carbonyl (C=O) groups excluding carboxylic acids is 2. The van der Waals surface area contributed by atoms with Crippen molar-refractivity contribution in [3.8, 4) is 0 Å². The van der Waals surface area contributed by atoms with Crippen molar-refractivity contribution in [2.24, 2.45) is 0 Å². The highest BCUT2D eigenvalue weighted by molar-refractivity contribution is 5.99. The molecule has 1 aromatic heterocycles. The van der Waals surface area contributed by atoms with Crippen molar-refractivity contribution in [3.05, 3.63) is 66.0 Å². The quantitative estimate of drug-likeness (QED) is 0.878. The number of hydrogen-bond acceptors (Lipinski definition) is 4. The maximum absolute atomic E-state index is 12.9. The van der Waals surface area contributed by atoms with Gasteiger partial charge in [-0.1, -0.05) is 30.3 Å². The molecule has 1 fully saturated rings. The molecular formula is C19H19N3O4. The first-order valence-corrected chi connectivity index (χ1v) is 8.32. The van der Waals surface area contributed by atoms with E-state index in [1.165, 1.54) is 11.1 Å². The number of carbonyl (C=O) groups is 3. The molecule has 26 heavy (non-hydrogen) atoms. The van der Waals surface area contributed by atoms with Crippen molar-refractivity contribution >= 4 is 17.8 Å². The summed E-state index contributed by atoms with van der Waals surface area (Å²) in [6.45, 7) is 1.03. The van der Waals surface area contributed by atoms with Gasteiger partial charge in [-0.05, 0) is 17.7 Å². The van der Waals surface area contributed by atoms with E-state index in [-0.39, 0.29) is 18.4 Å². The number of nitrogens with zero attached hydrogens (tertiary/aromatic N) is 3. The van der Waals surface area contributed by atoms with E-state index in [2.05, 4.69) is 4.98 Å². The molecule has 7 heteroatoms. The maximum atomic E-state index is 12.9. The minimum atomic E-state index is -1.12. The molecule has 2 amide bonds. The van der Waals surface area contributed by atoms with Gasteiger partial charge in [0.2, 0.25) is 5.91 Å². The zero-order chi connectivity index (χ0) is 18.5. The first kappa shape index (κ1) is 17.6. The normalized spacial score (nSPS) is 17.2. The molecule has 0 saturated carbocycles. The highest BCUT2D eigenvalue weighted by Crippen LogP contribution is 2.19. The van der Waals surface area contributed by atoms with Crippen molar-refractivity contribution in [1.82, 2.24) is 14.8 Å². The highest BCUT2D eigenvalue weighted by atomic mass is 16.4. The fourth-order valence-electron chi connectivity index (χ4n) is 3.06. The maximum Gasteiger partial charge on any atom is 0.305 e. The molecule has 1 saturated heterocycles. The molecule has 1 N–H and O–H groups in total. The molecule has 1 aromatic carbocycles.